The second-order valence-corrected chi connectivity index (χ2v) is 3.71. The van der Waals surface area contributed by atoms with Gasteiger partial charge in [0.1, 0.15) is 6.26 Å². The van der Waals surface area contributed by atoms with Crippen molar-refractivity contribution in [1.29, 1.82) is 0 Å². The number of aliphatic hydroxyl groups excluding tert-OH is 1. The van der Waals surface area contributed by atoms with E-state index in [1.165, 1.54) is 17.0 Å². The van der Waals surface area contributed by atoms with Crippen molar-refractivity contribution in [3.8, 4) is 0 Å². The van der Waals surface area contributed by atoms with E-state index in [0.717, 1.165) is 6.26 Å². The van der Waals surface area contributed by atoms with Crippen LogP contribution < -0.4 is 5.63 Å². The summed E-state index contributed by atoms with van der Waals surface area (Å²) in [6.07, 6.45) is 1.21. The van der Waals surface area contributed by atoms with Gasteiger partial charge in [-0.05, 0) is 19.4 Å². The molecule has 1 atom stereocenters. The van der Waals surface area contributed by atoms with Gasteiger partial charge in [0, 0.05) is 19.7 Å². The van der Waals surface area contributed by atoms with Crippen molar-refractivity contribution in [3.05, 3.63) is 34.4 Å². The first-order chi connectivity index (χ1) is 7.50. The minimum Gasteiger partial charge on any atom is -0.430 e. The van der Waals surface area contributed by atoms with E-state index in [4.69, 9.17) is 5.11 Å². The summed E-state index contributed by atoms with van der Waals surface area (Å²) in [6, 6.07) is 2.63. The van der Waals surface area contributed by atoms with Gasteiger partial charge in [-0.25, -0.2) is 4.79 Å². The van der Waals surface area contributed by atoms with E-state index in [-0.39, 0.29) is 5.91 Å². The lowest BCUT2D eigenvalue weighted by molar-refractivity contribution is 0.0766. The van der Waals surface area contributed by atoms with Gasteiger partial charge in [0.2, 0.25) is 0 Å². The Morgan fingerprint density at radius 2 is 2.25 bits per heavy atom. The van der Waals surface area contributed by atoms with Gasteiger partial charge >= 0.3 is 5.63 Å². The lowest BCUT2D eigenvalue weighted by Crippen LogP contribution is -2.29. The summed E-state index contributed by atoms with van der Waals surface area (Å²) in [5, 5.41) is 9.09. The number of carbonyl (C=O) groups is 1. The van der Waals surface area contributed by atoms with Crippen LogP contribution in [0.1, 0.15) is 23.7 Å². The molecule has 0 saturated heterocycles. The first kappa shape index (κ1) is 12.4. The maximum Gasteiger partial charge on any atom is 0.335 e. The van der Waals surface area contributed by atoms with Crippen molar-refractivity contribution in [2.45, 2.75) is 19.4 Å². The summed E-state index contributed by atoms with van der Waals surface area (Å²) in [6.45, 7) is 2.12. The van der Waals surface area contributed by atoms with E-state index in [0.29, 0.717) is 18.5 Å². The molecule has 1 unspecified atom stereocenters. The van der Waals surface area contributed by atoms with Crippen LogP contribution in [0.3, 0.4) is 0 Å². The van der Waals surface area contributed by atoms with Crippen molar-refractivity contribution >= 4 is 5.91 Å². The zero-order valence-electron chi connectivity index (χ0n) is 9.34. The fourth-order valence-electron chi connectivity index (χ4n) is 1.18. The number of carbonyl (C=O) groups excluding carboxylic acids is 1. The molecule has 0 saturated carbocycles. The summed E-state index contributed by atoms with van der Waals surface area (Å²) < 4.78 is 4.60. The predicted molar refractivity (Wildman–Crippen MR) is 58.2 cm³/mol. The zero-order valence-corrected chi connectivity index (χ0v) is 9.34. The van der Waals surface area contributed by atoms with Crippen LogP contribution in [0.25, 0.3) is 0 Å². The van der Waals surface area contributed by atoms with E-state index in [2.05, 4.69) is 4.42 Å². The molecule has 0 aliphatic heterocycles. The molecular weight excluding hydrogens is 210 g/mol. The Bertz CT molecular complexity index is 390. The summed E-state index contributed by atoms with van der Waals surface area (Å²) in [5.41, 5.74) is -0.157. The van der Waals surface area contributed by atoms with E-state index < -0.39 is 11.7 Å². The summed E-state index contributed by atoms with van der Waals surface area (Å²) in [5.74, 6) is -0.232. The van der Waals surface area contributed by atoms with Gasteiger partial charge < -0.3 is 14.4 Å². The summed E-state index contributed by atoms with van der Waals surface area (Å²) in [7, 11) is 1.63. The minimum atomic E-state index is -0.483. The van der Waals surface area contributed by atoms with Crippen LogP contribution in [0.5, 0.6) is 0 Å². The lowest BCUT2D eigenvalue weighted by Gasteiger charge is -2.17. The van der Waals surface area contributed by atoms with Crippen LogP contribution in [0.4, 0.5) is 0 Å². The molecule has 5 nitrogen and oxygen atoms in total. The molecule has 0 bridgehead atoms. The zero-order chi connectivity index (χ0) is 12.1. The van der Waals surface area contributed by atoms with Gasteiger partial charge in [0.05, 0.1) is 11.7 Å². The quantitative estimate of drug-likeness (QED) is 0.809. The molecule has 0 radical (unpaired) electrons. The Morgan fingerprint density at radius 3 is 2.75 bits per heavy atom. The third-order valence-electron chi connectivity index (χ3n) is 2.18. The normalized spacial score (nSPS) is 12.2. The highest BCUT2D eigenvalue weighted by Crippen LogP contribution is 2.02. The van der Waals surface area contributed by atoms with Gasteiger partial charge in [-0.3, -0.25) is 4.79 Å². The highest BCUT2D eigenvalue weighted by atomic mass is 16.4. The molecule has 0 aliphatic carbocycles. The molecule has 0 fully saturated rings. The molecule has 1 N–H and O–H groups in total. The fourth-order valence-corrected chi connectivity index (χ4v) is 1.18. The van der Waals surface area contributed by atoms with Crippen molar-refractivity contribution in [1.82, 2.24) is 4.90 Å². The van der Waals surface area contributed by atoms with Gasteiger partial charge in [-0.2, -0.15) is 0 Å². The van der Waals surface area contributed by atoms with Gasteiger partial charge in [-0.1, -0.05) is 0 Å². The number of hydrogen-bond donors (Lipinski definition) is 1. The maximum atomic E-state index is 11.8. The van der Waals surface area contributed by atoms with Crippen LogP contribution in [-0.2, 0) is 0 Å². The van der Waals surface area contributed by atoms with Gasteiger partial charge in [0.15, 0.2) is 0 Å². The molecule has 1 heterocycles. The predicted octanol–water partition coefficient (Wildman–Crippen LogP) is 0.483. The van der Waals surface area contributed by atoms with Gasteiger partial charge in [-0.15, -0.1) is 0 Å². The van der Waals surface area contributed by atoms with Crippen LogP contribution >= 0.6 is 0 Å². The smallest absolute Gasteiger partial charge is 0.335 e. The average Bonchev–Trinajstić information content (AvgIpc) is 2.26. The van der Waals surface area contributed by atoms with E-state index in [1.807, 2.05) is 0 Å². The number of hydrogen-bond acceptors (Lipinski definition) is 4. The molecule has 1 amide bonds. The Kier molecular flexibility index (Phi) is 4.25. The standard InChI is InChI=1S/C11H15NO4/c1-8(13)5-6-12(2)11(15)9-3-4-10(14)16-7-9/h3-4,7-8,13H,5-6H2,1-2H3. The monoisotopic (exact) mass is 225 g/mol. The molecular formula is C11H15NO4. The third kappa shape index (κ3) is 3.51. The maximum absolute atomic E-state index is 11.8. The fraction of sp³-hybridized carbons (Fsp3) is 0.455. The summed E-state index contributed by atoms with van der Waals surface area (Å²) in [4.78, 5) is 23.9. The molecule has 0 aromatic carbocycles. The first-order valence-electron chi connectivity index (χ1n) is 5.03. The molecule has 16 heavy (non-hydrogen) atoms. The Labute approximate surface area is 93.3 Å². The molecule has 0 aliphatic rings. The number of aliphatic hydroxyl groups is 1. The van der Waals surface area contributed by atoms with Crippen LogP contribution in [0, 0.1) is 0 Å². The topological polar surface area (TPSA) is 70.8 Å². The number of amides is 1. The van der Waals surface area contributed by atoms with Crippen LogP contribution in [0.15, 0.2) is 27.6 Å². The van der Waals surface area contributed by atoms with Gasteiger partial charge in [0.25, 0.3) is 5.91 Å². The number of rotatable bonds is 4. The minimum absolute atomic E-state index is 0.232. The molecule has 88 valence electrons. The average molecular weight is 225 g/mol. The molecule has 1 aromatic heterocycles. The second-order valence-electron chi connectivity index (χ2n) is 3.71. The Balaban J connectivity index is 2.63. The molecule has 1 rings (SSSR count). The highest BCUT2D eigenvalue weighted by Gasteiger charge is 2.12. The Hall–Kier alpha value is -1.62. The molecule has 5 heteroatoms. The largest absolute Gasteiger partial charge is 0.430 e. The second kappa shape index (κ2) is 5.46. The van der Waals surface area contributed by atoms with Crippen molar-refractivity contribution < 1.29 is 14.3 Å². The van der Waals surface area contributed by atoms with E-state index in [9.17, 15) is 9.59 Å². The first-order valence-corrected chi connectivity index (χ1v) is 5.03. The van der Waals surface area contributed by atoms with E-state index in [1.54, 1.807) is 14.0 Å². The van der Waals surface area contributed by atoms with Crippen molar-refractivity contribution in [3.63, 3.8) is 0 Å². The molecule has 0 spiro atoms. The number of nitrogens with zero attached hydrogens (tertiary/aromatic N) is 1. The third-order valence-corrected chi connectivity index (χ3v) is 2.18. The van der Waals surface area contributed by atoms with E-state index >= 15 is 0 Å². The highest BCUT2D eigenvalue weighted by molar-refractivity contribution is 5.93. The summed E-state index contributed by atoms with van der Waals surface area (Å²) >= 11 is 0. The Morgan fingerprint density at radius 1 is 1.56 bits per heavy atom. The van der Waals surface area contributed by atoms with Crippen LogP contribution in [-0.4, -0.2) is 35.6 Å². The lowest BCUT2D eigenvalue weighted by atomic mass is 10.2. The SMILES string of the molecule is CC(O)CCN(C)C(=O)c1ccc(=O)oc1. The van der Waals surface area contributed by atoms with Crippen LogP contribution in [0.2, 0.25) is 0 Å². The van der Waals surface area contributed by atoms with Crippen molar-refractivity contribution in [2.24, 2.45) is 0 Å². The van der Waals surface area contributed by atoms with Crippen molar-refractivity contribution in [2.75, 3.05) is 13.6 Å². The molecule has 1 aromatic rings.